The van der Waals surface area contributed by atoms with Crippen molar-refractivity contribution in [3.05, 3.63) is 16.3 Å². The minimum atomic E-state index is -0.194. The molecule has 1 aromatic rings. The predicted molar refractivity (Wildman–Crippen MR) is 49.2 cm³/mol. The van der Waals surface area contributed by atoms with Crippen LogP contribution in [0.25, 0.3) is 0 Å². The van der Waals surface area contributed by atoms with Crippen molar-refractivity contribution in [2.24, 2.45) is 0 Å². The maximum Gasteiger partial charge on any atom is 0.0893 e. The summed E-state index contributed by atoms with van der Waals surface area (Å²) in [5.41, 5.74) is 0. The number of fused-ring (bicyclic) bond motifs is 1. The molecule has 0 amide bonds. The van der Waals surface area contributed by atoms with Gasteiger partial charge in [-0.05, 0) is 30.0 Å². The second-order valence-corrected chi connectivity index (χ2v) is 4.74. The highest BCUT2D eigenvalue weighted by atomic mass is 32.2. The van der Waals surface area contributed by atoms with Gasteiger partial charge in [-0.15, -0.1) is 23.1 Å². The lowest BCUT2D eigenvalue weighted by molar-refractivity contribution is 0.169. The minimum absolute atomic E-state index is 0.194. The predicted octanol–water partition coefficient (Wildman–Crippen LogP) is 2.67. The third-order valence-corrected chi connectivity index (χ3v) is 4.15. The molecule has 3 heteroatoms. The topological polar surface area (TPSA) is 20.2 Å². The summed E-state index contributed by atoms with van der Waals surface area (Å²) in [5, 5.41) is 11.7. The standard InChI is InChI=1S/C8H10OS2/c9-6-2-1-4-10-7-3-5-11-8(6)7/h3,5-6,9H,1-2,4H2. The van der Waals surface area contributed by atoms with Gasteiger partial charge in [-0.25, -0.2) is 0 Å². The zero-order chi connectivity index (χ0) is 7.68. The van der Waals surface area contributed by atoms with Gasteiger partial charge in [0.25, 0.3) is 0 Å². The van der Waals surface area contributed by atoms with E-state index in [1.165, 1.54) is 9.77 Å². The van der Waals surface area contributed by atoms with Crippen LogP contribution in [0.1, 0.15) is 23.8 Å². The SMILES string of the molecule is OC1CCCSc2ccsc21. The molecule has 11 heavy (non-hydrogen) atoms. The second kappa shape index (κ2) is 3.17. The van der Waals surface area contributed by atoms with Gasteiger partial charge in [0, 0.05) is 9.77 Å². The number of thioether (sulfide) groups is 1. The van der Waals surface area contributed by atoms with Gasteiger partial charge in [0.15, 0.2) is 0 Å². The molecule has 1 nitrogen and oxygen atoms in total. The Balaban J connectivity index is 2.34. The van der Waals surface area contributed by atoms with Crippen LogP contribution in [0.3, 0.4) is 0 Å². The molecule has 1 N–H and O–H groups in total. The maximum absolute atomic E-state index is 9.63. The van der Waals surface area contributed by atoms with E-state index in [9.17, 15) is 5.11 Å². The number of hydrogen-bond donors (Lipinski definition) is 1. The number of hydrogen-bond acceptors (Lipinski definition) is 3. The molecular weight excluding hydrogens is 176 g/mol. The van der Waals surface area contributed by atoms with Crippen LogP contribution in [0.2, 0.25) is 0 Å². The maximum atomic E-state index is 9.63. The van der Waals surface area contributed by atoms with Crippen molar-refractivity contribution in [3.8, 4) is 0 Å². The molecule has 1 aliphatic rings. The molecule has 0 aliphatic carbocycles. The molecule has 0 radical (unpaired) electrons. The molecule has 1 aliphatic heterocycles. The minimum Gasteiger partial charge on any atom is -0.388 e. The molecule has 1 atom stereocenters. The second-order valence-electron chi connectivity index (χ2n) is 2.66. The summed E-state index contributed by atoms with van der Waals surface area (Å²) >= 11 is 3.55. The van der Waals surface area contributed by atoms with E-state index in [2.05, 4.69) is 11.4 Å². The van der Waals surface area contributed by atoms with Crippen LogP contribution in [-0.2, 0) is 0 Å². The third kappa shape index (κ3) is 1.45. The summed E-state index contributed by atoms with van der Waals surface area (Å²) < 4.78 is 0. The highest BCUT2D eigenvalue weighted by Crippen LogP contribution is 2.37. The summed E-state index contributed by atoms with van der Waals surface area (Å²) in [5.74, 6) is 1.15. The highest BCUT2D eigenvalue weighted by Gasteiger charge is 2.17. The quantitative estimate of drug-likeness (QED) is 0.672. The molecule has 0 aromatic carbocycles. The Morgan fingerprint density at radius 3 is 3.36 bits per heavy atom. The van der Waals surface area contributed by atoms with Crippen molar-refractivity contribution < 1.29 is 5.11 Å². The lowest BCUT2D eigenvalue weighted by atomic mass is 10.2. The van der Waals surface area contributed by atoms with Crippen LogP contribution < -0.4 is 0 Å². The molecule has 0 spiro atoms. The van der Waals surface area contributed by atoms with Crippen LogP contribution in [0.4, 0.5) is 0 Å². The first-order chi connectivity index (χ1) is 5.38. The largest absolute Gasteiger partial charge is 0.388 e. The molecule has 2 heterocycles. The summed E-state index contributed by atoms with van der Waals surface area (Å²) in [7, 11) is 0. The number of aliphatic hydroxyl groups excluding tert-OH is 1. The first kappa shape index (κ1) is 7.65. The molecule has 1 aromatic heterocycles. The normalized spacial score (nSPS) is 24.3. The monoisotopic (exact) mass is 186 g/mol. The summed E-state index contributed by atoms with van der Waals surface area (Å²) in [6, 6.07) is 2.11. The van der Waals surface area contributed by atoms with Gasteiger partial charge in [-0.2, -0.15) is 0 Å². The van der Waals surface area contributed by atoms with E-state index in [0.29, 0.717) is 0 Å². The van der Waals surface area contributed by atoms with Gasteiger partial charge in [0.2, 0.25) is 0 Å². The molecule has 60 valence electrons. The van der Waals surface area contributed by atoms with Gasteiger partial charge in [-0.3, -0.25) is 0 Å². The lowest BCUT2D eigenvalue weighted by Crippen LogP contribution is -1.92. The third-order valence-electron chi connectivity index (χ3n) is 1.84. The van der Waals surface area contributed by atoms with E-state index >= 15 is 0 Å². The lowest BCUT2D eigenvalue weighted by Gasteiger charge is -2.04. The Hall–Kier alpha value is 0.01000. The van der Waals surface area contributed by atoms with Gasteiger partial charge < -0.3 is 5.11 Å². The molecular formula is C8H10OS2. The van der Waals surface area contributed by atoms with Gasteiger partial charge in [-0.1, -0.05) is 0 Å². The Bertz CT molecular complexity index is 244. The van der Waals surface area contributed by atoms with Gasteiger partial charge in [0.1, 0.15) is 0 Å². The van der Waals surface area contributed by atoms with Crippen LogP contribution in [-0.4, -0.2) is 10.9 Å². The van der Waals surface area contributed by atoms with E-state index in [1.807, 2.05) is 11.8 Å². The Morgan fingerprint density at radius 2 is 2.45 bits per heavy atom. The highest BCUT2D eigenvalue weighted by molar-refractivity contribution is 7.99. The summed E-state index contributed by atoms with van der Waals surface area (Å²) in [6.45, 7) is 0. The summed E-state index contributed by atoms with van der Waals surface area (Å²) in [6.07, 6.45) is 1.87. The molecule has 2 rings (SSSR count). The van der Waals surface area contributed by atoms with E-state index < -0.39 is 0 Å². The average Bonchev–Trinajstić information content (AvgIpc) is 2.40. The van der Waals surface area contributed by atoms with Crippen molar-refractivity contribution in [2.75, 3.05) is 5.75 Å². The van der Waals surface area contributed by atoms with Crippen molar-refractivity contribution in [1.82, 2.24) is 0 Å². The Labute approximate surface area is 74.4 Å². The Morgan fingerprint density at radius 1 is 1.55 bits per heavy atom. The van der Waals surface area contributed by atoms with Crippen molar-refractivity contribution >= 4 is 23.1 Å². The molecule has 0 saturated carbocycles. The smallest absolute Gasteiger partial charge is 0.0893 e. The van der Waals surface area contributed by atoms with Crippen LogP contribution in [0, 0.1) is 0 Å². The Kier molecular flexibility index (Phi) is 2.20. The number of thiophene rings is 1. The summed E-state index contributed by atoms with van der Waals surface area (Å²) in [4.78, 5) is 2.47. The van der Waals surface area contributed by atoms with Crippen molar-refractivity contribution in [1.29, 1.82) is 0 Å². The molecule has 1 unspecified atom stereocenters. The van der Waals surface area contributed by atoms with E-state index in [1.54, 1.807) is 11.3 Å². The molecule has 0 saturated heterocycles. The first-order valence-electron chi connectivity index (χ1n) is 3.76. The fraction of sp³-hybridized carbons (Fsp3) is 0.500. The van der Waals surface area contributed by atoms with Crippen molar-refractivity contribution in [3.63, 3.8) is 0 Å². The molecule has 0 fully saturated rings. The molecule has 0 bridgehead atoms. The van der Waals surface area contributed by atoms with Crippen molar-refractivity contribution in [2.45, 2.75) is 23.8 Å². The van der Waals surface area contributed by atoms with Gasteiger partial charge >= 0.3 is 0 Å². The first-order valence-corrected chi connectivity index (χ1v) is 5.63. The zero-order valence-corrected chi connectivity index (χ0v) is 7.75. The zero-order valence-electron chi connectivity index (χ0n) is 6.12. The van der Waals surface area contributed by atoms with Crippen LogP contribution in [0.5, 0.6) is 0 Å². The number of aliphatic hydroxyl groups is 1. The van der Waals surface area contributed by atoms with Crippen LogP contribution >= 0.6 is 23.1 Å². The average molecular weight is 186 g/mol. The number of rotatable bonds is 0. The van der Waals surface area contributed by atoms with E-state index in [-0.39, 0.29) is 6.10 Å². The van der Waals surface area contributed by atoms with Crippen LogP contribution in [0.15, 0.2) is 16.3 Å². The van der Waals surface area contributed by atoms with E-state index in [4.69, 9.17) is 0 Å². The van der Waals surface area contributed by atoms with E-state index in [0.717, 1.165) is 18.6 Å². The van der Waals surface area contributed by atoms with Gasteiger partial charge in [0.05, 0.1) is 6.10 Å². The fourth-order valence-corrected chi connectivity index (χ4v) is 3.45. The fourth-order valence-electron chi connectivity index (χ4n) is 1.26.